The van der Waals surface area contributed by atoms with Gasteiger partial charge in [0.05, 0.1) is 11.6 Å². The fraction of sp³-hybridized carbons (Fsp3) is 0.316. The van der Waals surface area contributed by atoms with E-state index in [0.29, 0.717) is 5.92 Å². The van der Waals surface area contributed by atoms with Gasteiger partial charge in [0.25, 0.3) is 0 Å². The van der Waals surface area contributed by atoms with E-state index in [1.165, 1.54) is 17.7 Å². The minimum atomic E-state index is 0.694. The summed E-state index contributed by atoms with van der Waals surface area (Å²) in [7, 11) is 0. The molecule has 3 rings (SSSR count). The molecule has 112 valence electrons. The molecule has 22 heavy (non-hydrogen) atoms. The Morgan fingerprint density at radius 2 is 2.00 bits per heavy atom. The minimum Gasteiger partial charge on any atom is -0.371 e. The fourth-order valence-corrected chi connectivity index (χ4v) is 3.04. The van der Waals surface area contributed by atoms with Crippen molar-refractivity contribution in [2.24, 2.45) is 5.92 Å². The van der Waals surface area contributed by atoms with E-state index in [1.807, 2.05) is 18.2 Å². The number of hydrogen-bond donors (Lipinski definition) is 1. The lowest BCUT2D eigenvalue weighted by Gasteiger charge is -2.18. The molecule has 1 aliphatic heterocycles. The average molecular weight is 291 g/mol. The van der Waals surface area contributed by atoms with Gasteiger partial charge < -0.3 is 10.2 Å². The summed E-state index contributed by atoms with van der Waals surface area (Å²) in [4.78, 5) is 2.46. The van der Waals surface area contributed by atoms with Crippen LogP contribution in [0.2, 0.25) is 0 Å². The monoisotopic (exact) mass is 291 g/mol. The highest BCUT2D eigenvalue weighted by molar-refractivity contribution is 5.46. The summed E-state index contributed by atoms with van der Waals surface area (Å²) in [6.07, 6.45) is 1.24. The third kappa shape index (κ3) is 3.66. The minimum absolute atomic E-state index is 0.694. The van der Waals surface area contributed by atoms with Crippen molar-refractivity contribution >= 4 is 5.69 Å². The van der Waals surface area contributed by atoms with E-state index in [2.05, 4.69) is 52.7 Å². The SMILES string of the molecule is N#Cc1cccc(CNCC2CCN(c3ccccc3)C2)c1. The number of nitriles is 1. The van der Waals surface area contributed by atoms with E-state index in [1.54, 1.807) is 0 Å². The first-order valence-corrected chi connectivity index (χ1v) is 7.85. The summed E-state index contributed by atoms with van der Waals surface area (Å²) in [5.74, 6) is 0.694. The highest BCUT2D eigenvalue weighted by atomic mass is 15.2. The highest BCUT2D eigenvalue weighted by Crippen LogP contribution is 2.23. The molecule has 3 nitrogen and oxygen atoms in total. The summed E-state index contributed by atoms with van der Waals surface area (Å²) >= 11 is 0. The van der Waals surface area contributed by atoms with Gasteiger partial charge in [-0.1, -0.05) is 30.3 Å². The Labute approximate surface area is 132 Å². The molecular weight excluding hydrogens is 270 g/mol. The van der Waals surface area contributed by atoms with E-state index in [9.17, 15) is 0 Å². The average Bonchev–Trinajstić information content (AvgIpc) is 3.05. The van der Waals surface area contributed by atoms with Crippen LogP contribution in [-0.2, 0) is 6.54 Å². The van der Waals surface area contributed by atoms with E-state index in [4.69, 9.17) is 5.26 Å². The third-order valence-corrected chi connectivity index (χ3v) is 4.23. The molecule has 1 N–H and O–H groups in total. The van der Waals surface area contributed by atoms with Gasteiger partial charge in [-0.25, -0.2) is 0 Å². The third-order valence-electron chi connectivity index (χ3n) is 4.23. The van der Waals surface area contributed by atoms with Gasteiger partial charge in [-0.05, 0) is 42.2 Å². The molecule has 0 aliphatic carbocycles. The number of rotatable bonds is 5. The number of para-hydroxylation sites is 1. The van der Waals surface area contributed by atoms with Crippen LogP contribution in [-0.4, -0.2) is 19.6 Å². The molecule has 1 saturated heterocycles. The quantitative estimate of drug-likeness (QED) is 0.919. The summed E-state index contributed by atoms with van der Waals surface area (Å²) in [5.41, 5.74) is 3.24. The number of benzene rings is 2. The van der Waals surface area contributed by atoms with Crippen molar-refractivity contribution in [2.45, 2.75) is 13.0 Å². The van der Waals surface area contributed by atoms with Crippen molar-refractivity contribution in [3.63, 3.8) is 0 Å². The summed E-state index contributed by atoms with van der Waals surface area (Å²) < 4.78 is 0. The maximum atomic E-state index is 8.92. The Hall–Kier alpha value is -2.31. The van der Waals surface area contributed by atoms with Crippen molar-refractivity contribution in [2.75, 3.05) is 24.5 Å². The molecule has 0 aromatic heterocycles. The normalized spacial score (nSPS) is 17.4. The zero-order valence-electron chi connectivity index (χ0n) is 12.7. The van der Waals surface area contributed by atoms with Crippen molar-refractivity contribution in [1.82, 2.24) is 5.32 Å². The largest absolute Gasteiger partial charge is 0.371 e. The first-order chi connectivity index (χ1) is 10.8. The maximum absolute atomic E-state index is 8.92. The maximum Gasteiger partial charge on any atom is 0.0991 e. The fourth-order valence-electron chi connectivity index (χ4n) is 3.04. The van der Waals surface area contributed by atoms with Crippen LogP contribution in [0.3, 0.4) is 0 Å². The van der Waals surface area contributed by atoms with Crippen molar-refractivity contribution in [3.8, 4) is 6.07 Å². The van der Waals surface area contributed by atoms with Crippen LogP contribution in [0.25, 0.3) is 0 Å². The molecule has 1 atom stereocenters. The zero-order valence-corrected chi connectivity index (χ0v) is 12.7. The van der Waals surface area contributed by atoms with Crippen molar-refractivity contribution in [3.05, 3.63) is 65.7 Å². The van der Waals surface area contributed by atoms with Gasteiger partial charge in [0.15, 0.2) is 0 Å². The number of anilines is 1. The van der Waals surface area contributed by atoms with E-state index >= 15 is 0 Å². The molecular formula is C19H21N3. The second-order valence-corrected chi connectivity index (χ2v) is 5.88. The summed E-state index contributed by atoms with van der Waals surface area (Å²) in [5, 5.41) is 12.5. The predicted molar refractivity (Wildman–Crippen MR) is 89.6 cm³/mol. The number of hydrogen-bond acceptors (Lipinski definition) is 3. The number of nitrogens with one attached hydrogen (secondary N) is 1. The lowest BCUT2D eigenvalue weighted by molar-refractivity contribution is 0.516. The Bertz CT molecular complexity index is 645. The van der Waals surface area contributed by atoms with Gasteiger partial charge in [-0.15, -0.1) is 0 Å². The van der Waals surface area contributed by atoms with E-state index in [0.717, 1.165) is 31.7 Å². The topological polar surface area (TPSA) is 39.1 Å². The molecule has 1 aliphatic rings. The van der Waals surface area contributed by atoms with Crippen LogP contribution in [0, 0.1) is 17.2 Å². The predicted octanol–water partition coefficient (Wildman–Crippen LogP) is 3.17. The molecule has 0 spiro atoms. The van der Waals surface area contributed by atoms with Crippen LogP contribution in [0.4, 0.5) is 5.69 Å². The van der Waals surface area contributed by atoms with Gasteiger partial charge >= 0.3 is 0 Å². The first kappa shape index (κ1) is 14.6. The van der Waals surface area contributed by atoms with Gasteiger partial charge in [0, 0.05) is 31.9 Å². The standard InChI is InChI=1S/C19H21N3/c20-12-16-5-4-6-17(11-16)13-21-14-18-9-10-22(15-18)19-7-2-1-3-8-19/h1-8,11,18,21H,9-10,13-15H2. The van der Waals surface area contributed by atoms with Crippen LogP contribution in [0.15, 0.2) is 54.6 Å². The second kappa shape index (κ2) is 7.11. The zero-order chi connectivity index (χ0) is 15.2. The number of nitrogens with zero attached hydrogens (tertiary/aromatic N) is 2. The second-order valence-electron chi connectivity index (χ2n) is 5.88. The molecule has 0 radical (unpaired) electrons. The Kier molecular flexibility index (Phi) is 4.72. The van der Waals surface area contributed by atoms with Crippen LogP contribution >= 0.6 is 0 Å². The molecule has 2 aromatic rings. The molecule has 3 heteroatoms. The lowest BCUT2D eigenvalue weighted by Crippen LogP contribution is -2.26. The van der Waals surface area contributed by atoms with Gasteiger partial charge in [0.2, 0.25) is 0 Å². The Balaban J connectivity index is 1.46. The van der Waals surface area contributed by atoms with E-state index < -0.39 is 0 Å². The molecule has 0 amide bonds. The molecule has 1 fully saturated rings. The smallest absolute Gasteiger partial charge is 0.0991 e. The van der Waals surface area contributed by atoms with E-state index in [-0.39, 0.29) is 0 Å². The molecule has 1 unspecified atom stereocenters. The van der Waals surface area contributed by atoms with Crippen LogP contribution in [0.1, 0.15) is 17.5 Å². The summed E-state index contributed by atoms with van der Waals surface area (Å²) in [6.45, 7) is 4.12. The van der Waals surface area contributed by atoms with Gasteiger partial charge in [-0.3, -0.25) is 0 Å². The molecule has 0 bridgehead atoms. The Morgan fingerprint density at radius 1 is 1.14 bits per heavy atom. The first-order valence-electron chi connectivity index (χ1n) is 7.85. The molecule has 0 saturated carbocycles. The van der Waals surface area contributed by atoms with Gasteiger partial charge in [-0.2, -0.15) is 5.26 Å². The molecule has 2 aromatic carbocycles. The highest BCUT2D eigenvalue weighted by Gasteiger charge is 2.21. The van der Waals surface area contributed by atoms with Crippen LogP contribution < -0.4 is 10.2 Å². The van der Waals surface area contributed by atoms with Crippen molar-refractivity contribution < 1.29 is 0 Å². The lowest BCUT2D eigenvalue weighted by atomic mass is 10.1. The van der Waals surface area contributed by atoms with Crippen LogP contribution in [0.5, 0.6) is 0 Å². The van der Waals surface area contributed by atoms with Crippen molar-refractivity contribution in [1.29, 1.82) is 5.26 Å². The Morgan fingerprint density at radius 3 is 2.82 bits per heavy atom. The summed E-state index contributed by atoms with van der Waals surface area (Å²) in [6, 6.07) is 20.6. The molecule has 1 heterocycles. The van der Waals surface area contributed by atoms with Gasteiger partial charge in [0.1, 0.15) is 0 Å².